The van der Waals surface area contributed by atoms with Crippen LogP contribution in [0.2, 0.25) is 0 Å². The lowest BCUT2D eigenvalue weighted by Gasteiger charge is -2.13. The predicted molar refractivity (Wildman–Crippen MR) is 68.3 cm³/mol. The molecule has 5 heteroatoms. The summed E-state index contributed by atoms with van der Waals surface area (Å²) in [7, 11) is 3.13. The average Bonchev–Trinajstić information content (AvgIpc) is 2.90. The van der Waals surface area contributed by atoms with Crippen LogP contribution >= 0.6 is 0 Å². The summed E-state index contributed by atoms with van der Waals surface area (Å²) in [5.41, 5.74) is 0.554. The summed E-state index contributed by atoms with van der Waals surface area (Å²) in [6, 6.07) is 5.36. The maximum Gasteiger partial charge on any atom is 0.251 e. The van der Waals surface area contributed by atoms with Gasteiger partial charge in [-0.05, 0) is 25.1 Å². The van der Waals surface area contributed by atoms with E-state index in [2.05, 4.69) is 10.6 Å². The summed E-state index contributed by atoms with van der Waals surface area (Å²) >= 11 is 0. The molecule has 1 heterocycles. The lowest BCUT2D eigenvalue weighted by atomic mass is 10.1. The highest BCUT2D eigenvalue weighted by molar-refractivity contribution is 5.95. The third kappa shape index (κ3) is 2.92. The number of hydrogen-bond acceptors (Lipinski definition) is 4. The van der Waals surface area contributed by atoms with Crippen LogP contribution in [0.1, 0.15) is 16.8 Å². The van der Waals surface area contributed by atoms with Gasteiger partial charge in [0.2, 0.25) is 0 Å². The van der Waals surface area contributed by atoms with E-state index in [1.165, 1.54) is 0 Å². The molecule has 5 nitrogen and oxygen atoms in total. The maximum atomic E-state index is 12.1. The van der Waals surface area contributed by atoms with Crippen LogP contribution in [0.3, 0.4) is 0 Å². The molecule has 1 saturated heterocycles. The van der Waals surface area contributed by atoms with Crippen molar-refractivity contribution in [3.05, 3.63) is 23.8 Å². The third-order valence-electron chi connectivity index (χ3n) is 3.01. The number of carbonyl (C=O) groups is 1. The predicted octanol–water partition coefficient (Wildman–Crippen LogP) is 0.795. The Balaban J connectivity index is 2.12. The van der Waals surface area contributed by atoms with Gasteiger partial charge in [-0.2, -0.15) is 0 Å². The summed E-state index contributed by atoms with van der Waals surface area (Å²) in [4.78, 5) is 12.1. The van der Waals surface area contributed by atoms with Gasteiger partial charge in [-0.25, -0.2) is 0 Å². The molecular formula is C13H18N2O3. The molecule has 0 bridgehead atoms. The molecule has 1 aliphatic heterocycles. The second kappa shape index (κ2) is 5.73. The minimum atomic E-state index is -0.0964. The first-order valence-corrected chi connectivity index (χ1v) is 5.97. The van der Waals surface area contributed by atoms with E-state index in [0.717, 1.165) is 19.5 Å². The Morgan fingerprint density at radius 3 is 2.44 bits per heavy atom. The first kappa shape index (κ1) is 12.7. The van der Waals surface area contributed by atoms with E-state index >= 15 is 0 Å². The van der Waals surface area contributed by atoms with Gasteiger partial charge in [-0.1, -0.05) is 0 Å². The molecule has 0 unspecified atom stereocenters. The van der Waals surface area contributed by atoms with Crippen LogP contribution in [-0.2, 0) is 0 Å². The highest BCUT2D eigenvalue weighted by Crippen LogP contribution is 2.22. The van der Waals surface area contributed by atoms with E-state index in [9.17, 15) is 4.79 Å². The van der Waals surface area contributed by atoms with Crippen LogP contribution in [0.15, 0.2) is 18.2 Å². The largest absolute Gasteiger partial charge is 0.497 e. The standard InChI is InChI=1S/C13H18N2O3/c1-17-11-5-9(6-12(7-11)18-2)13(16)15-10-3-4-14-8-10/h5-7,10,14H,3-4,8H2,1-2H3,(H,15,16)/t10-/m1/s1. The monoisotopic (exact) mass is 250 g/mol. The number of hydrogen-bond donors (Lipinski definition) is 2. The van der Waals surface area contributed by atoms with Gasteiger partial charge >= 0.3 is 0 Å². The number of amides is 1. The van der Waals surface area contributed by atoms with Gasteiger partial charge in [-0.15, -0.1) is 0 Å². The van der Waals surface area contributed by atoms with Gasteiger partial charge in [0, 0.05) is 24.2 Å². The van der Waals surface area contributed by atoms with Crippen LogP contribution in [0.4, 0.5) is 0 Å². The smallest absolute Gasteiger partial charge is 0.251 e. The molecule has 98 valence electrons. The van der Waals surface area contributed by atoms with Crippen molar-refractivity contribution in [2.45, 2.75) is 12.5 Å². The van der Waals surface area contributed by atoms with Crippen molar-refractivity contribution in [3.8, 4) is 11.5 Å². The van der Waals surface area contributed by atoms with Crippen LogP contribution in [0.5, 0.6) is 11.5 Å². The number of rotatable bonds is 4. The second-order valence-electron chi connectivity index (χ2n) is 4.26. The number of benzene rings is 1. The number of carbonyl (C=O) groups excluding carboxylic acids is 1. The molecular weight excluding hydrogens is 232 g/mol. The quantitative estimate of drug-likeness (QED) is 0.829. The van der Waals surface area contributed by atoms with Crippen LogP contribution in [0.25, 0.3) is 0 Å². The summed E-state index contributed by atoms with van der Waals surface area (Å²) in [6.07, 6.45) is 0.965. The van der Waals surface area contributed by atoms with Gasteiger partial charge in [0.25, 0.3) is 5.91 Å². The van der Waals surface area contributed by atoms with E-state index in [0.29, 0.717) is 17.1 Å². The zero-order valence-corrected chi connectivity index (χ0v) is 10.7. The molecule has 0 spiro atoms. The topological polar surface area (TPSA) is 59.6 Å². The SMILES string of the molecule is COc1cc(OC)cc(C(=O)N[C@@H]2CCNC2)c1. The first-order valence-electron chi connectivity index (χ1n) is 5.97. The Morgan fingerprint density at radius 1 is 1.28 bits per heavy atom. The molecule has 1 amide bonds. The zero-order valence-electron chi connectivity index (χ0n) is 10.7. The third-order valence-corrected chi connectivity index (χ3v) is 3.01. The molecule has 1 aliphatic rings. The van der Waals surface area contributed by atoms with E-state index in [1.54, 1.807) is 32.4 Å². The summed E-state index contributed by atoms with van der Waals surface area (Å²) in [5.74, 6) is 1.13. The van der Waals surface area contributed by atoms with E-state index in [1.807, 2.05) is 0 Å². The first-order chi connectivity index (χ1) is 8.72. The fraction of sp³-hybridized carbons (Fsp3) is 0.462. The number of methoxy groups -OCH3 is 2. The normalized spacial score (nSPS) is 18.4. The van der Waals surface area contributed by atoms with Crippen LogP contribution < -0.4 is 20.1 Å². The molecule has 0 radical (unpaired) electrons. The van der Waals surface area contributed by atoms with Gasteiger partial charge in [-0.3, -0.25) is 4.79 Å². The average molecular weight is 250 g/mol. The molecule has 1 atom stereocenters. The van der Waals surface area contributed by atoms with Gasteiger partial charge < -0.3 is 20.1 Å². The van der Waals surface area contributed by atoms with Gasteiger partial charge in [0.15, 0.2) is 0 Å². The Kier molecular flexibility index (Phi) is 4.04. The lowest BCUT2D eigenvalue weighted by Crippen LogP contribution is -2.36. The molecule has 1 fully saturated rings. The molecule has 0 saturated carbocycles. The Hall–Kier alpha value is -1.75. The highest BCUT2D eigenvalue weighted by Gasteiger charge is 2.18. The molecule has 0 aromatic heterocycles. The van der Waals surface area contributed by atoms with Crippen LogP contribution in [0, 0.1) is 0 Å². The van der Waals surface area contributed by atoms with Gasteiger partial charge in [0.05, 0.1) is 14.2 Å². The number of ether oxygens (including phenoxy) is 2. The molecule has 1 aromatic rings. The molecule has 2 N–H and O–H groups in total. The van der Waals surface area contributed by atoms with Crippen molar-refractivity contribution in [1.29, 1.82) is 0 Å². The summed E-state index contributed by atoms with van der Waals surface area (Å²) < 4.78 is 10.3. The Bertz CT molecular complexity index is 406. The zero-order chi connectivity index (χ0) is 13.0. The summed E-state index contributed by atoms with van der Waals surface area (Å²) in [6.45, 7) is 1.78. The molecule has 1 aromatic carbocycles. The Morgan fingerprint density at radius 2 is 1.94 bits per heavy atom. The highest BCUT2D eigenvalue weighted by atomic mass is 16.5. The van der Waals surface area contributed by atoms with E-state index in [4.69, 9.17) is 9.47 Å². The van der Waals surface area contributed by atoms with Crippen molar-refractivity contribution in [2.24, 2.45) is 0 Å². The van der Waals surface area contributed by atoms with Crippen molar-refractivity contribution >= 4 is 5.91 Å². The van der Waals surface area contributed by atoms with Crippen molar-refractivity contribution < 1.29 is 14.3 Å². The number of nitrogens with one attached hydrogen (secondary N) is 2. The second-order valence-corrected chi connectivity index (χ2v) is 4.26. The molecule has 0 aliphatic carbocycles. The minimum absolute atomic E-state index is 0.0964. The van der Waals surface area contributed by atoms with Gasteiger partial charge in [0.1, 0.15) is 11.5 Å². The molecule has 2 rings (SSSR count). The lowest BCUT2D eigenvalue weighted by molar-refractivity contribution is 0.0939. The maximum absolute atomic E-state index is 12.1. The van der Waals surface area contributed by atoms with E-state index < -0.39 is 0 Å². The van der Waals surface area contributed by atoms with E-state index in [-0.39, 0.29) is 11.9 Å². The molecule has 18 heavy (non-hydrogen) atoms. The van der Waals surface area contributed by atoms with Crippen molar-refractivity contribution in [3.63, 3.8) is 0 Å². The minimum Gasteiger partial charge on any atom is -0.497 e. The summed E-state index contributed by atoms with van der Waals surface area (Å²) in [5, 5.41) is 6.20. The van der Waals surface area contributed by atoms with Crippen molar-refractivity contribution in [2.75, 3.05) is 27.3 Å². The fourth-order valence-corrected chi connectivity index (χ4v) is 1.99. The fourth-order valence-electron chi connectivity index (χ4n) is 1.99. The van der Waals surface area contributed by atoms with Crippen molar-refractivity contribution in [1.82, 2.24) is 10.6 Å². The van der Waals surface area contributed by atoms with Crippen LogP contribution in [-0.4, -0.2) is 39.3 Å². The Labute approximate surface area is 106 Å².